The van der Waals surface area contributed by atoms with Gasteiger partial charge in [-0.25, -0.2) is 8.42 Å². The van der Waals surface area contributed by atoms with E-state index in [0.717, 1.165) is 10.6 Å². The van der Waals surface area contributed by atoms with Crippen molar-refractivity contribution in [1.82, 2.24) is 10.2 Å². The van der Waals surface area contributed by atoms with Crippen LogP contribution >= 0.6 is 0 Å². The first kappa shape index (κ1) is 19.9. The predicted octanol–water partition coefficient (Wildman–Crippen LogP) is 0.0888. The maximum Gasteiger partial charge on any atom is 0.240 e. The van der Waals surface area contributed by atoms with Gasteiger partial charge in [0.1, 0.15) is 6.54 Å². The summed E-state index contributed by atoms with van der Waals surface area (Å²) in [6, 6.07) is 6.25. The molecule has 1 aromatic carbocycles. The Kier molecular flexibility index (Phi) is 7.18. The first-order chi connectivity index (χ1) is 11.1. The quantitative estimate of drug-likeness (QED) is 0.688. The van der Waals surface area contributed by atoms with E-state index in [2.05, 4.69) is 10.6 Å². The van der Waals surface area contributed by atoms with E-state index in [-0.39, 0.29) is 18.4 Å². The minimum Gasteiger partial charge on any atom is -0.353 e. The van der Waals surface area contributed by atoms with E-state index in [1.165, 1.54) is 6.92 Å². The third kappa shape index (κ3) is 6.97. The highest BCUT2D eigenvalue weighted by Gasteiger charge is 2.20. The molecule has 8 nitrogen and oxygen atoms in total. The number of carbonyl (C=O) groups is 2. The SMILES string of the molecule is CC(=O)Nc1ccc(N(CC(=O)NCCN(C)C)S(C)(=O)=O)cc1. The molecule has 0 bridgehead atoms. The number of sulfonamides is 1. The topological polar surface area (TPSA) is 98.8 Å². The van der Waals surface area contributed by atoms with Gasteiger partial charge in [0, 0.05) is 25.7 Å². The van der Waals surface area contributed by atoms with Crippen molar-refractivity contribution in [3.63, 3.8) is 0 Å². The number of anilines is 2. The third-order valence-corrected chi connectivity index (χ3v) is 4.18. The van der Waals surface area contributed by atoms with Crippen molar-refractivity contribution in [2.75, 3.05) is 49.6 Å². The minimum absolute atomic E-state index is 0.219. The lowest BCUT2D eigenvalue weighted by atomic mass is 10.2. The molecule has 0 aliphatic heterocycles. The van der Waals surface area contributed by atoms with Crippen LogP contribution in [0.2, 0.25) is 0 Å². The van der Waals surface area contributed by atoms with E-state index in [1.54, 1.807) is 24.3 Å². The van der Waals surface area contributed by atoms with E-state index in [1.807, 2.05) is 19.0 Å². The van der Waals surface area contributed by atoms with Gasteiger partial charge in [-0.15, -0.1) is 0 Å². The van der Waals surface area contributed by atoms with E-state index >= 15 is 0 Å². The number of rotatable bonds is 8. The average Bonchev–Trinajstić information content (AvgIpc) is 2.43. The second kappa shape index (κ2) is 8.65. The zero-order valence-corrected chi connectivity index (χ0v) is 15.2. The van der Waals surface area contributed by atoms with Gasteiger partial charge in [-0.1, -0.05) is 0 Å². The van der Waals surface area contributed by atoms with Crippen LogP contribution in [-0.2, 0) is 19.6 Å². The van der Waals surface area contributed by atoms with Crippen molar-refractivity contribution in [2.24, 2.45) is 0 Å². The molecule has 24 heavy (non-hydrogen) atoms. The number of nitrogens with zero attached hydrogens (tertiary/aromatic N) is 2. The normalized spacial score (nSPS) is 11.2. The Morgan fingerprint density at radius 2 is 1.71 bits per heavy atom. The van der Waals surface area contributed by atoms with Crippen molar-refractivity contribution in [3.8, 4) is 0 Å². The van der Waals surface area contributed by atoms with Gasteiger partial charge in [0.15, 0.2) is 0 Å². The molecule has 0 atom stereocenters. The first-order valence-corrected chi connectivity index (χ1v) is 9.21. The van der Waals surface area contributed by atoms with Gasteiger partial charge in [-0.2, -0.15) is 0 Å². The van der Waals surface area contributed by atoms with Gasteiger partial charge in [-0.05, 0) is 38.4 Å². The number of hydrogen-bond donors (Lipinski definition) is 2. The zero-order chi connectivity index (χ0) is 18.3. The monoisotopic (exact) mass is 356 g/mol. The summed E-state index contributed by atoms with van der Waals surface area (Å²) >= 11 is 0. The maximum absolute atomic E-state index is 12.0. The number of carbonyl (C=O) groups excluding carboxylic acids is 2. The van der Waals surface area contributed by atoms with Gasteiger partial charge in [0.25, 0.3) is 0 Å². The molecule has 1 aromatic rings. The maximum atomic E-state index is 12.0. The average molecular weight is 356 g/mol. The number of likely N-dealkylation sites (N-methyl/N-ethyl adjacent to an activating group) is 1. The number of amides is 2. The summed E-state index contributed by atoms with van der Waals surface area (Å²) in [7, 11) is 0.146. The van der Waals surface area contributed by atoms with Gasteiger partial charge >= 0.3 is 0 Å². The molecule has 0 spiro atoms. The summed E-state index contributed by atoms with van der Waals surface area (Å²) in [5, 5.41) is 5.28. The van der Waals surface area contributed by atoms with Crippen LogP contribution in [0.15, 0.2) is 24.3 Å². The lowest BCUT2D eigenvalue weighted by Gasteiger charge is -2.22. The molecule has 1 rings (SSSR count). The van der Waals surface area contributed by atoms with Crippen LogP contribution in [0.25, 0.3) is 0 Å². The van der Waals surface area contributed by atoms with Crippen LogP contribution < -0.4 is 14.9 Å². The van der Waals surface area contributed by atoms with E-state index < -0.39 is 10.0 Å². The number of hydrogen-bond acceptors (Lipinski definition) is 5. The zero-order valence-electron chi connectivity index (χ0n) is 14.4. The number of benzene rings is 1. The van der Waals surface area contributed by atoms with E-state index in [0.29, 0.717) is 24.5 Å². The molecule has 0 heterocycles. The molecule has 9 heteroatoms. The molecule has 2 amide bonds. The van der Waals surface area contributed by atoms with Gasteiger partial charge in [0.05, 0.1) is 11.9 Å². The summed E-state index contributed by atoms with van der Waals surface area (Å²) in [6.07, 6.45) is 1.04. The van der Waals surface area contributed by atoms with Gasteiger partial charge in [0.2, 0.25) is 21.8 Å². The molecule has 0 fully saturated rings. The Bertz CT molecular complexity index is 671. The summed E-state index contributed by atoms with van der Waals surface area (Å²) in [6.45, 7) is 2.18. The molecule has 0 radical (unpaired) electrons. The third-order valence-electron chi connectivity index (χ3n) is 3.04. The lowest BCUT2D eigenvalue weighted by molar-refractivity contribution is -0.119. The second-order valence-electron chi connectivity index (χ2n) is 5.65. The van der Waals surface area contributed by atoms with E-state index in [9.17, 15) is 18.0 Å². The Balaban J connectivity index is 2.83. The summed E-state index contributed by atoms with van der Waals surface area (Å²) < 4.78 is 25.0. The van der Waals surface area contributed by atoms with Crippen molar-refractivity contribution in [3.05, 3.63) is 24.3 Å². The molecule has 0 unspecified atom stereocenters. The molecular formula is C15H24N4O4S. The van der Waals surface area contributed by atoms with Gasteiger partial charge in [-0.3, -0.25) is 13.9 Å². The molecule has 134 valence electrons. The van der Waals surface area contributed by atoms with Crippen molar-refractivity contribution < 1.29 is 18.0 Å². The highest BCUT2D eigenvalue weighted by Crippen LogP contribution is 2.20. The Morgan fingerprint density at radius 1 is 1.12 bits per heavy atom. The summed E-state index contributed by atoms with van der Waals surface area (Å²) in [5.41, 5.74) is 0.907. The highest BCUT2D eigenvalue weighted by atomic mass is 32.2. The Morgan fingerprint density at radius 3 is 2.17 bits per heavy atom. The molecular weight excluding hydrogens is 332 g/mol. The standard InChI is InChI=1S/C15H24N4O4S/c1-12(20)17-13-5-7-14(8-6-13)19(24(4,22)23)11-15(21)16-9-10-18(2)3/h5-8H,9-11H2,1-4H3,(H,16,21)(H,17,20). The predicted molar refractivity (Wildman–Crippen MR) is 94.5 cm³/mol. The number of nitrogens with one attached hydrogen (secondary N) is 2. The minimum atomic E-state index is -3.62. The largest absolute Gasteiger partial charge is 0.353 e. The molecule has 0 saturated heterocycles. The van der Waals surface area contributed by atoms with Gasteiger partial charge < -0.3 is 15.5 Å². The van der Waals surface area contributed by atoms with Crippen LogP contribution in [-0.4, -0.2) is 65.1 Å². The highest BCUT2D eigenvalue weighted by molar-refractivity contribution is 7.92. The smallest absolute Gasteiger partial charge is 0.240 e. The Labute approximate surface area is 142 Å². The van der Waals surface area contributed by atoms with Crippen LogP contribution in [0.1, 0.15) is 6.92 Å². The van der Waals surface area contributed by atoms with Crippen LogP contribution in [0.4, 0.5) is 11.4 Å². The fourth-order valence-corrected chi connectivity index (χ4v) is 2.78. The molecule has 0 saturated carbocycles. The molecule has 2 N–H and O–H groups in total. The lowest BCUT2D eigenvalue weighted by Crippen LogP contribution is -2.42. The first-order valence-electron chi connectivity index (χ1n) is 7.36. The fraction of sp³-hybridized carbons (Fsp3) is 0.467. The van der Waals surface area contributed by atoms with Crippen LogP contribution in [0.5, 0.6) is 0 Å². The molecule has 0 aliphatic rings. The summed E-state index contributed by atoms with van der Waals surface area (Å²) in [5.74, 6) is -0.601. The fourth-order valence-electron chi connectivity index (χ4n) is 1.92. The van der Waals surface area contributed by atoms with Crippen LogP contribution in [0.3, 0.4) is 0 Å². The van der Waals surface area contributed by atoms with E-state index in [4.69, 9.17) is 0 Å². The Hall–Kier alpha value is -2.13. The van der Waals surface area contributed by atoms with Crippen molar-refractivity contribution >= 4 is 33.2 Å². The van der Waals surface area contributed by atoms with Crippen molar-refractivity contribution in [2.45, 2.75) is 6.92 Å². The molecule has 0 aliphatic carbocycles. The molecule has 0 aromatic heterocycles. The van der Waals surface area contributed by atoms with Crippen LogP contribution in [0, 0.1) is 0 Å². The van der Waals surface area contributed by atoms with Crippen molar-refractivity contribution in [1.29, 1.82) is 0 Å². The second-order valence-corrected chi connectivity index (χ2v) is 7.56. The summed E-state index contributed by atoms with van der Waals surface area (Å²) in [4.78, 5) is 24.9.